The van der Waals surface area contributed by atoms with Crippen LogP contribution in [0.15, 0.2) is 23.1 Å². The summed E-state index contributed by atoms with van der Waals surface area (Å²) in [7, 11) is 0. The highest BCUT2D eigenvalue weighted by Crippen LogP contribution is 2.28. The van der Waals surface area contributed by atoms with Gasteiger partial charge in [-0.05, 0) is 45.2 Å². The van der Waals surface area contributed by atoms with E-state index < -0.39 is 77.7 Å². The van der Waals surface area contributed by atoms with Gasteiger partial charge in [-0.2, -0.15) is 0 Å². The summed E-state index contributed by atoms with van der Waals surface area (Å²) >= 11 is 1.05. The maximum absolute atomic E-state index is 13.3. The molecule has 0 aromatic heterocycles. The molecule has 0 fully saturated rings. The number of benzene rings is 1. The van der Waals surface area contributed by atoms with Gasteiger partial charge < -0.3 is 42.5 Å². The Labute approximate surface area is 250 Å². The van der Waals surface area contributed by atoms with Gasteiger partial charge in [0.25, 0.3) is 11.6 Å². The van der Waals surface area contributed by atoms with Crippen LogP contribution in [0.5, 0.6) is 0 Å². The molecule has 0 bridgehead atoms. The van der Waals surface area contributed by atoms with Crippen LogP contribution in [0.1, 0.15) is 43.0 Å². The van der Waals surface area contributed by atoms with E-state index in [1.807, 2.05) is 0 Å². The van der Waals surface area contributed by atoms with Crippen LogP contribution in [0.4, 0.5) is 5.69 Å². The number of unbranched alkanes of at least 4 members (excludes halogenated alkanes) is 1. The number of carboxylic acid groups (broad SMARTS) is 1. The zero-order chi connectivity index (χ0) is 32.1. The molecule has 0 saturated carbocycles. The number of nitrogens with zero attached hydrogens (tertiary/aromatic N) is 1. The Bertz CT molecular complexity index is 1230. The number of carbonyl (C=O) groups excluding carboxylic acids is 5. The Hall–Kier alpha value is -4.29. The molecular formula is C25H35N7O10S. The molecule has 2 unspecified atom stereocenters. The standard InChI is InChI=1S/C25H35N7O10S/c1-13(33)21-25(40)27-11-19(34)29-17(24(39)30-16(4-2-3-8-26)23(38)28-12-20(35)36)7-9-43-18-6-5-14(32(41)42)10-15(18)22(37)31-21/h5-6,10,13,16-17,21,33H,2-4,7-9,11-12,26H2,1H3,(H,27,40)(H,28,38)(H,29,34)(H,30,39)(H,31,37)(H,35,36)/t13?,16-,17?,21-/m0/s1. The lowest BCUT2D eigenvalue weighted by Gasteiger charge is -2.24. The summed E-state index contributed by atoms with van der Waals surface area (Å²) in [6.07, 6.45) is -0.320. The van der Waals surface area contributed by atoms with Gasteiger partial charge in [-0.15, -0.1) is 11.8 Å². The number of non-ortho nitro benzene ring substituents is 1. The number of amides is 5. The van der Waals surface area contributed by atoms with Gasteiger partial charge in [-0.25, -0.2) is 0 Å². The molecule has 0 radical (unpaired) electrons. The number of fused-ring (bicyclic) bond motifs is 1. The molecule has 18 heteroatoms. The lowest BCUT2D eigenvalue weighted by Crippen LogP contribution is -2.56. The highest BCUT2D eigenvalue weighted by Gasteiger charge is 2.31. The lowest BCUT2D eigenvalue weighted by molar-refractivity contribution is -0.384. The summed E-state index contributed by atoms with van der Waals surface area (Å²) in [5.41, 5.74) is 4.98. The number of nitro benzene ring substituents is 1. The van der Waals surface area contributed by atoms with Crippen LogP contribution in [-0.4, -0.2) is 100 Å². The normalized spacial score (nSPS) is 19.3. The quantitative estimate of drug-likeness (QED) is 0.0752. The van der Waals surface area contributed by atoms with Gasteiger partial charge in [0.15, 0.2) is 0 Å². The van der Waals surface area contributed by atoms with E-state index >= 15 is 0 Å². The van der Waals surface area contributed by atoms with Crippen molar-refractivity contribution in [3.63, 3.8) is 0 Å². The smallest absolute Gasteiger partial charge is 0.322 e. The van der Waals surface area contributed by atoms with Crippen molar-refractivity contribution >= 4 is 53.0 Å². The number of hydrogen-bond acceptors (Lipinski definition) is 11. The van der Waals surface area contributed by atoms with E-state index in [1.54, 1.807) is 0 Å². The van der Waals surface area contributed by atoms with Gasteiger partial charge in [-0.1, -0.05) is 0 Å². The Balaban J connectivity index is 2.36. The number of carboxylic acids is 1. The molecule has 1 heterocycles. The minimum Gasteiger partial charge on any atom is -0.480 e. The third-order valence-electron chi connectivity index (χ3n) is 6.20. The monoisotopic (exact) mass is 625 g/mol. The van der Waals surface area contributed by atoms with Crippen molar-refractivity contribution < 1.29 is 43.9 Å². The van der Waals surface area contributed by atoms with Crippen LogP contribution < -0.4 is 32.3 Å². The number of rotatable bonds is 11. The minimum atomic E-state index is -1.52. The molecule has 1 aliphatic heterocycles. The van der Waals surface area contributed by atoms with Gasteiger partial charge >= 0.3 is 5.97 Å². The summed E-state index contributed by atoms with van der Waals surface area (Å²) in [6, 6.07) is -0.352. The molecule has 1 aromatic rings. The second-order valence-electron chi connectivity index (χ2n) is 9.56. The SMILES string of the molecule is CC(O)[C@@H]1NC(=O)c2cc([N+](=O)[O-])ccc2SCCC(C(=O)N[C@@H](CCCCN)C(=O)NCC(=O)O)NC(=O)CNC1=O. The second-order valence-corrected chi connectivity index (χ2v) is 10.7. The van der Waals surface area contributed by atoms with Crippen LogP contribution in [0.25, 0.3) is 0 Å². The Morgan fingerprint density at radius 2 is 1.93 bits per heavy atom. The van der Waals surface area contributed by atoms with Crippen LogP contribution in [0, 0.1) is 10.1 Å². The van der Waals surface area contributed by atoms with E-state index in [9.17, 15) is 44.0 Å². The van der Waals surface area contributed by atoms with Gasteiger partial charge in [0.05, 0.1) is 23.1 Å². The third-order valence-corrected chi connectivity index (χ3v) is 7.31. The first-order chi connectivity index (χ1) is 20.3. The van der Waals surface area contributed by atoms with Crippen LogP contribution in [-0.2, 0) is 24.0 Å². The van der Waals surface area contributed by atoms with E-state index in [1.165, 1.54) is 19.1 Å². The van der Waals surface area contributed by atoms with Crippen molar-refractivity contribution in [2.75, 3.05) is 25.4 Å². The molecule has 4 atom stereocenters. The van der Waals surface area contributed by atoms with Crippen molar-refractivity contribution in [3.05, 3.63) is 33.9 Å². The van der Waals surface area contributed by atoms with Crippen LogP contribution >= 0.6 is 11.8 Å². The number of aliphatic hydroxyl groups excluding tert-OH is 1. The number of nitro groups is 1. The first-order valence-corrected chi connectivity index (χ1v) is 14.3. The zero-order valence-corrected chi connectivity index (χ0v) is 24.1. The molecular weight excluding hydrogens is 590 g/mol. The lowest BCUT2D eigenvalue weighted by atomic mass is 10.1. The van der Waals surface area contributed by atoms with Gasteiger partial charge in [0, 0.05) is 22.8 Å². The molecule has 236 valence electrons. The topological polar surface area (TPSA) is 272 Å². The molecule has 1 aliphatic rings. The van der Waals surface area contributed by atoms with Crippen LogP contribution in [0.2, 0.25) is 0 Å². The first-order valence-electron chi connectivity index (χ1n) is 13.3. The molecule has 0 aliphatic carbocycles. The fourth-order valence-electron chi connectivity index (χ4n) is 3.96. The highest BCUT2D eigenvalue weighted by atomic mass is 32.2. The van der Waals surface area contributed by atoms with Crippen molar-refractivity contribution in [1.29, 1.82) is 0 Å². The number of hydrogen-bond donors (Lipinski definition) is 8. The maximum Gasteiger partial charge on any atom is 0.322 e. The maximum atomic E-state index is 13.3. The summed E-state index contributed by atoms with van der Waals surface area (Å²) < 4.78 is 0. The predicted octanol–water partition coefficient (Wildman–Crippen LogP) is -2.01. The average Bonchev–Trinajstić information content (AvgIpc) is 2.95. The molecule has 1 aromatic carbocycles. The number of nitrogens with two attached hydrogens (primary N) is 1. The molecule has 9 N–H and O–H groups in total. The van der Waals surface area contributed by atoms with Crippen LogP contribution in [0.3, 0.4) is 0 Å². The number of carbonyl (C=O) groups is 6. The minimum absolute atomic E-state index is 0.0310. The average molecular weight is 626 g/mol. The molecule has 0 saturated heterocycles. The number of aliphatic hydroxyl groups is 1. The van der Waals surface area contributed by atoms with Crippen molar-refractivity contribution in [2.24, 2.45) is 5.73 Å². The Kier molecular flexibility index (Phi) is 13.8. The van der Waals surface area contributed by atoms with Gasteiger partial charge in [-0.3, -0.25) is 38.9 Å². The Morgan fingerprint density at radius 3 is 2.56 bits per heavy atom. The predicted molar refractivity (Wildman–Crippen MR) is 152 cm³/mol. The molecule has 5 amide bonds. The van der Waals surface area contributed by atoms with E-state index in [4.69, 9.17) is 10.8 Å². The van der Waals surface area contributed by atoms with Crippen molar-refractivity contribution in [2.45, 2.75) is 61.7 Å². The highest BCUT2D eigenvalue weighted by molar-refractivity contribution is 7.99. The summed E-state index contributed by atoms with van der Waals surface area (Å²) in [5, 5.41) is 42.2. The van der Waals surface area contributed by atoms with E-state index in [0.29, 0.717) is 19.4 Å². The fraction of sp³-hybridized carbons (Fsp3) is 0.520. The third kappa shape index (κ3) is 11.1. The number of aliphatic carboxylic acids is 1. The molecule has 43 heavy (non-hydrogen) atoms. The van der Waals surface area contributed by atoms with E-state index in [2.05, 4.69) is 26.6 Å². The number of thioether (sulfide) groups is 1. The summed E-state index contributed by atoms with van der Waals surface area (Å²) in [4.78, 5) is 86.1. The molecule has 17 nitrogen and oxygen atoms in total. The van der Waals surface area contributed by atoms with Crippen molar-refractivity contribution in [1.82, 2.24) is 26.6 Å². The van der Waals surface area contributed by atoms with Crippen molar-refractivity contribution in [3.8, 4) is 0 Å². The van der Waals surface area contributed by atoms with Gasteiger partial charge in [0.1, 0.15) is 24.7 Å². The number of nitrogens with one attached hydrogen (secondary N) is 5. The molecule has 0 spiro atoms. The zero-order valence-electron chi connectivity index (χ0n) is 23.3. The summed E-state index contributed by atoms with van der Waals surface area (Å²) in [6.45, 7) is 0.262. The first kappa shape index (κ1) is 34.9. The van der Waals surface area contributed by atoms with E-state index in [0.717, 1.165) is 17.8 Å². The largest absolute Gasteiger partial charge is 0.480 e. The van der Waals surface area contributed by atoms with Gasteiger partial charge in [0.2, 0.25) is 23.6 Å². The molecule has 2 rings (SSSR count). The summed E-state index contributed by atoms with van der Waals surface area (Å²) in [5.74, 6) is -5.26. The fourth-order valence-corrected chi connectivity index (χ4v) is 5.00. The second kappa shape index (κ2) is 17.0. The van der Waals surface area contributed by atoms with E-state index in [-0.39, 0.29) is 34.7 Å². The Morgan fingerprint density at radius 1 is 1.21 bits per heavy atom.